The number of nitrogens with one attached hydrogen (secondary N) is 4. The minimum absolute atomic E-state index is 0.141. The van der Waals surface area contributed by atoms with Gasteiger partial charge in [-0.1, -0.05) is 24.3 Å². The van der Waals surface area contributed by atoms with Crippen molar-refractivity contribution in [2.75, 3.05) is 30.3 Å². The summed E-state index contributed by atoms with van der Waals surface area (Å²) in [5.74, 6) is -0.141. The van der Waals surface area contributed by atoms with Gasteiger partial charge in [-0.25, -0.2) is 4.79 Å². The Morgan fingerprint density at radius 1 is 1.11 bits per heavy atom. The average molecular weight is 368 g/mol. The summed E-state index contributed by atoms with van der Waals surface area (Å²) in [7, 11) is 0. The van der Waals surface area contributed by atoms with Gasteiger partial charge >= 0.3 is 6.03 Å². The van der Waals surface area contributed by atoms with Crippen molar-refractivity contribution in [1.82, 2.24) is 10.6 Å². The Labute approximate surface area is 158 Å². The van der Waals surface area contributed by atoms with Crippen LogP contribution in [0, 0.1) is 6.92 Å². The second-order valence-electron chi connectivity index (χ2n) is 6.43. The summed E-state index contributed by atoms with van der Waals surface area (Å²) in [5.41, 5.74) is 3.35. The smallest absolute Gasteiger partial charge is 0.323 e. The number of carbonyl (C=O) groups excluding carboxylic acids is 2. The third-order valence-electron chi connectivity index (χ3n) is 4.15. The number of carbonyl (C=O) groups is 2. The molecule has 27 heavy (non-hydrogen) atoms. The van der Waals surface area contributed by atoms with E-state index in [0.717, 1.165) is 23.4 Å². The van der Waals surface area contributed by atoms with E-state index in [-0.39, 0.29) is 11.9 Å². The normalized spacial score (nSPS) is 16.4. The van der Waals surface area contributed by atoms with Gasteiger partial charge in [0.1, 0.15) is 6.10 Å². The van der Waals surface area contributed by atoms with Gasteiger partial charge in [0.2, 0.25) is 0 Å². The lowest BCUT2D eigenvalue weighted by Gasteiger charge is -2.22. The van der Waals surface area contributed by atoms with Crippen molar-refractivity contribution >= 4 is 23.3 Å². The Bertz CT molecular complexity index is 803. The molecule has 3 amide bonds. The summed E-state index contributed by atoms with van der Waals surface area (Å²) in [6, 6.07) is 14.6. The van der Waals surface area contributed by atoms with Crippen LogP contribution in [0.5, 0.6) is 0 Å². The molecule has 1 aliphatic rings. The van der Waals surface area contributed by atoms with Gasteiger partial charge in [0.25, 0.3) is 5.91 Å². The topological polar surface area (TPSA) is 91.5 Å². The number of morpholine rings is 1. The Hall–Kier alpha value is -2.90. The molecule has 0 spiro atoms. The number of benzene rings is 2. The number of hydrogen-bond donors (Lipinski definition) is 4. The molecule has 0 saturated carbocycles. The Morgan fingerprint density at radius 3 is 2.56 bits per heavy atom. The monoisotopic (exact) mass is 368 g/mol. The fourth-order valence-corrected chi connectivity index (χ4v) is 2.81. The SMILES string of the molecule is Cc1cccc(NC(=O)Nc2cccc(CNC(=O)C3CNCCO3)c2)c1. The van der Waals surface area contributed by atoms with Gasteiger partial charge < -0.3 is 26.0 Å². The Morgan fingerprint density at radius 2 is 1.85 bits per heavy atom. The highest BCUT2D eigenvalue weighted by Gasteiger charge is 2.21. The van der Waals surface area contributed by atoms with Crippen LogP contribution in [-0.2, 0) is 16.1 Å². The molecule has 1 unspecified atom stereocenters. The first-order valence-electron chi connectivity index (χ1n) is 8.94. The van der Waals surface area contributed by atoms with Gasteiger partial charge in [0.05, 0.1) is 6.61 Å². The highest BCUT2D eigenvalue weighted by atomic mass is 16.5. The average Bonchev–Trinajstić information content (AvgIpc) is 2.67. The van der Waals surface area contributed by atoms with Gasteiger partial charge in [0, 0.05) is 31.0 Å². The quantitative estimate of drug-likeness (QED) is 0.651. The molecule has 2 aromatic carbocycles. The van der Waals surface area contributed by atoms with Crippen LogP contribution in [0.2, 0.25) is 0 Å². The van der Waals surface area contributed by atoms with E-state index < -0.39 is 6.10 Å². The second-order valence-corrected chi connectivity index (χ2v) is 6.43. The maximum atomic E-state index is 12.2. The summed E-state index contributed by atoms with van der Waals surface area (Å²) in [4.78, 5) is 24.3. The van der Waals surface area contributed by atoms with E-state index in [0.29, 0.717) is 25.4 Å². The fourth-order valence-electron chi connectivity index (χ4n) is 2.81. The summed E-state index contributed by atoms with van der Waals surface area (Å²) in [6.07, 6.45) is -0.458. The molecule has 1 atom stereocenters. The van der Waals surface area contributed by atoms with Crippen molar-refractivity contribution < 1.29 is 14.3 Å². The van der Waals surface area contributed by atoms with Gasteiger partial charge in [-0.3, -0.25) is 4.79 Å². The number of ether oxygens (including phenoxy) is 1. The maximum Gasteiger partial charge on any atom is 0.323 e. The van der Waals surface area contributed by atoms with E-state index in [2.05, 4.69) is 21.3 Å². The number of amides is 3. The zero-order valence-corrected chi connectivity index (χ0v) is 15.2. The van der Waals surface area contributed by atoms with E-state index in [9.17, 15) is 9.59 Å². The molecule has 7 nitrogen and oxygen atoms in total. The van der Waals surface area contributed by atoms with E-state index >= 15 is 0 Å². The standard InChI is InChI=1S/C20H24N4O3/c1-14-4-2-6-16(10-14)23-20(26)24-17-7-3-5-15(11-17)12-22-19(25)18-13-21-8-9-27-18/h2-7,10-11,18,21H,8-9,12-13H2,1H3,(H,22,25)(H2,23,24,26). The zero-order valence-electron chi connectivity index (χ0n) is 15.2. The minimum atomic E-state index is -0.458. The molecular weight excluding hydrogens is 344 g/mol. The van der Waals surface area contributed by atoms with Crippen LogP contribution < -0.4 is 21.3 Å². The van der Waals surface area contributed by atoms with Crippen LogP contribution >= 0.6 is 0 Å². The molecule has 0 aliphatic carbocycles. The van der Waals surface area contributed by atoms with Crippen LogP contribution in [0.3, 0.4) is 0 Å². The van der Waals surface area contributed by atoms with E-state index in [4.69, 9.17) is 4.74 Å². The maximum absolute atomic E-state index is 12.2. The number of aryl methyl sites for hydroxylation is 1. The molecule has 3 rings (SSSR count). The first-order valence-corrected chi connectivity index (χ1v) is 8.94. The molecule has 4 N–H and O–H groups in total. The largest absolute Gasteiger partial charge is 0.366 e. The van der Waals surface area contributed by atoms with Crippen molar-refractivity contribution in [3.05, 3.63) is 59.7 Å². The fraction of sp³-hybridized carbons (Fsp3) is 0.300. The number of anilines is 2. The summed E-state index contributed by atoms with van der Waals surface area (Å²) >= 11 is 0. The van der Waals surface area contributed by atoms with Crippen LogP contribution in [0.25, 0.3) is 0 Å². The van der Waals surface area contributed by atoms with E-state index in [1.165, 1.54) is 0 Å². The van der Waals surface area contributed by atoms with E-state index in [1.807, 2.05) is 49.4 Å². The Balaban J connectivity index is 1.52. The van der Waals surface area contributed by atoms with Crippen molar-refractivity contribution in [2.24, 2.45) is 0 Å². The van der Waals surface area contributed by atoms with Crippen LogP contribution in [0.4, 0.5) is 16.2 Å². The third kappa shape index (κ3) is 5.80. The lowest BCUT2D eigenvalue weighted by Crippen LogP contribution is -2.47. The van der Waals surface area contributed by atoms with Gasteiger partial charge in [-0.05, 0) is 42.3 Å². The molecule has 7 heteroatoms. The molecule has 2 aromatic rings. The van der Waals surface area contributed by atoms with Gasteiger partial charge in [0.15, 0.2) is 0 Å². The molecule has 0 radical (unpaired) electrons. The highest BCUT2D eigenvalue weighted by molar-refractivity contribution is 5.99. The van der Waals surface area contributed by atoms with Crippen molar-refractivity contribution in [3.63, 3.8) is 0 Å². The molecule has 1 saturated heterocycles. The van der Waals surface area contributed by atoms with Crippen LogP contribution in [0.1, 0.15) is 11.1 Å². The third-order valence-corrected chi connectivity index (χ3v) is 4.15. The van der Waals surface area contributed by atoms with Crippen LogP contribution in [-0.4, -0.2) is 37.7 Å². The minimum Gasteiger partial charge on any atom is -0.366 e. The van der Waals surface area contributed by atoms with Gasteiger partial charge in [-0.15, -0.1) is 0 Å². The van der Waals surface area contributed by atoms with E-state index in [1.54, 1.807) is 6.07 Å². The predicted molar refractivity (Wildman–Crippen MR) is 105 cm³/mol. The first kappa shape index (κ1) is 18.9. The summed E-state index contributed by atoms with van der Waals surface area (Å²) < 4.78 is 5.43. The number of urea groups is 1. The highest BCUT2D eigenvalue weighted by Crippen LogP contribution is 2.13. The number of hydrogen-bond acceptors (Lipinski definition) is 4. The lowest BCUT2D eigenvalue weighted by molar-refractivity contribution is -0.134. The van der Waals surface area contributed by atoms with Gasteiger partial charge in [-0.2, -0.15) is 0 Å². The molecule has 142 valence electrons. The van der Waals surface area contributed by atoms with Crippen molar-refractivity contribution in [3.8, 4) is 0 Å². The Kier molecular flexibility index (Phi) is 6.40. The summed E-state index contributed by atoms with van der Waals surface area (Å²) in [5, 5.41) is 11.6. The first-order chi connectivity index (χ1) is 13.1. The molecule has 1 aliphatic heterocycles. The lowest BCUT2D eigenvalue weighted by atomic mass is 10.2. The molecule has 0 aromatic heterocycles. The van der Waals surface area contributed by atoms with Crippen molar-refractivity contribution in [1.29, 1.82) is 0 Å². The molecule has 1 heterocycles. The molecular formula is C20H24N4O3. The zero-order chi connectivity index (χ0) is 19.1. The molecule has 1 fully saturated rings. The van der Waals surface area contributed by atoms with Crippen LogP contribution in [0.15, 0.2) is 48.5 Å². The summed E-state index contributed by atoms with van der Waals surface area (Å²) in [6.45, 7) is 4.16. The predicted octanol–water partition coefficient (Wildman–Crippen LogP) is 2.24. The van der Waals surface area contributed by atoms with Crippen molar-refractivity contribution in [2.45, 2.75) is 19.6 Å². The number of rotatable bonds is 5. The molecule has 0 bridgehead atoms. The second kappa shape index (κ2) is 9.16.